The second-order valence-electron chi connectivity index (χ2n) is 7.43. The molecule has 0 atom stereocenters. The first kappa shape index (κ1) is 15.6. The Hall–Kier alpha value is -0.330. The fourth-order valence-corrected chi connectivity index (χ4v) is 5.02. The number of nitrogens with one attached hydrogen (secondary N) is 1. The number of piperidine rings is 1. The molecule has 4 rings (SSSR count). The Morgan fingerprint density at radius 1 is 1.05 bits per heavy atom. The van der Waals surface area contributed by atoms with Crippen molar-refractivity contribution in [3.63, 3.8) is 0 Å². The summed E-state index contributed by atoms with van der Waals surface area (Å²) in [5, 5.41) is 3.15. The number of halogens is 1. The number of likely N-dealkylation sites (tertiary alicyclic amines) is 1. The SMILES string of the molecule is CC1CCN(C(=O)C23CCC(NC(=O)I)(CC2)CC3)CC1. The average Bonchev–Trinajstić information content (AvgIpc) is 2.48. The van der Waals surface area contributed by atoms with Crippen LogP contribution in [0.2, 0.25) is 0 Å². The van der Waals surface area contributed by atoms with E-state index in [0.29, 0.717) is 5.91 Å². The van der Waals surface area contributed by atoms with Crippen LogP contribution in [-0.4, -0.2) is 33.3 Å². The molecule has 1 saturated heterocycles. The van der Waals surface area contributed by atoms with Crippen LogP contribution < -0.4 is 5.32 Å². The maximum atomic E-state index is 13.0. The highest BCUT2D eigenvalue weighted by atomic mass is 127. The number of hydrogen-bond donors (Lipinski definition) is 1. The zero-order valence-corrected chi connectivity index (χ0v) is 14.9. The molecule has 2 bridgehead atoms. The lowest BCUT2D eigenvalue weighted by Crippen LogP contribution is -2.59. The van der Waals surface area contributed by atoms with Crippen LogP contribution in [0, 0.1) is 11.3 Å². The van der Waals surface area contributed by atoms with Gasteiger partial charge in [-0.2, -0.15) is 0 Å². The number of rotatable bonds is 2. The van der Waals surface area contributed by atoms with Gasteiger partial charge in [0.05, 0.1) is 0 Å². The van der Waals surface area contributed by atoms with E-state index in [1.807, 2.05) is 22.6 Å². The lowest BCUT2D eigenvalue weighted by molar-refractivity contribution is -0.150. The van der Waals surface area contributed by atoms with E-state index in [1.165, 1.54) is 0 Å². The van der Waals surface area contributed by atoms with Crippen LogP contribution in [0.5, 0.6) is 0 Å². The Labute approximate surface area is 140 Å². The molecular formula is C16H25IN2O2. The van der Waals surface area contributed by atoms with Gasteiger partial charge in [0, 0.05) is 46.6 Å². The highest BCUT2D eigenvalue weighted by Gasteiger charge is 2.53. The van der Waals surface area contributed by atoms with Crippen molar-refractivity contribution in [1.82, 2.24) is 10.2 Å². The summed E-state index contributed by atoms with van der Waals surface area (Å²) >= 11 is 1.82. The fourth-order valence-electron chi connectivity index (χ4n) is 4.45. The smallest absolute Gasteiger partial charge is 0.281 e. The van der Waals surface area contributed by atoms with Crippen molar-refractivity contribution in [3.8, 4) is 0 Å². The molecule has 0 aromatic rings. The first-order valence-corrected chi connectivity index (χ1v) is 9.30. The standard InChI is InChI=1S/C16H25IN2O2/c1-12-2-10-19(11-3-12)13(20)15-4-7-16(8-5-15,9-6-15)18-14(17)21/h12H,2-11H2,1H3,(H,18,21). The first-order valence-electron chi connectivity index (χ1n) is 8.22. The zero-order valence-electron chi connectivity index (χ0n) is 12.8. The second-order valence-corrected chi connectivity index (χ2v) is 8.41. The minimum absolute atomic E-state index is 0.0171. The van der Waals surface area contributed by atoms with Crippen molar-refractivity contribution in [2.24, 2.45) is 11.3 Å². The van der Waals surface area contributed by atoms with Gasteiger partial charge < -0.3 is 10.2 Å². The highest BCUT2D eigenvalue weighted by Crippen LogP contribution is 2.53. The molecule has 3 saturated carbocycles. The Balaban J connectivity index is 1.65. The minimum Gasteiger partial charge on any atom is -0.342 e. The number of amides is 2. The number of nitrogens with zero attached hydrogens (tertiary/aromatic N) is 1. The molecule has 5 heteroatoms. The van der Waals surface area contributed by atoms with E-state index in [9.17, 15) is 9.59 Å². The molecule has 0 aromatic carbocycles. The number of carbonyl (C=O) groups excluding carboxylic acids is 2. The van der Waals surface area contributed by atoms with Gasteiger partial charge in [-0.25, -0.2) is 0 Å². The summed E-state index contributed by atoms with van der Waals surface area (Å²) in [6.07, 6.45) is 8.07. The topological polar surface area (TPSA) is 49.4 Å². The van der Waals surface area contributed by atoms with Crippen LogP contribution >= 0.6 is 22.6 Å². The molecule has 2 amide bonds. The van der Waals surface area contributed by atoms with Crippen molar-refractivity contribution >= 4 is 32.4 Å². The fraction of sp³-hybridized carbons (Fsp3) is 0.875. The van der Waals surface area contributed by atoms with Crippen molar-refractivity contribution < 1.29 is 9.59 Å². The molecule has 4 nitrogen and oxygen atoms in total. The molecule has 1 aliphatic heterocycles. The Bertz CT molecular complexity index is 419. The van der Waals surface area contributed by atoms with Crippen molar-refractivity contribution in [3.05, 3.63) is 0 Å². The summed E-state index contributed by atoms with van der Waals surface area (Å²) in [7, 11) is 0. The number of fused-ring (bicyclic) bond motifs is 3. The summed E-state index contributed by atoms with van der Waals surface area (Å²) < 4.78 is 0.0401. The van der Waals surface area contributed by atoms with Crippen LogP contribution in [0.15, 0.2) is 0 Å². The third-order valence-electron chi connectivity index (χ3n) is 6.13. The van der Waals surface area contributed by atoms with Crippen LogP contribution in [-0.2, 0) is 4.79 Å². The van der Waals surface area contributed by atoms with Gasteiger partial charge >= 0.3 is 0 Å². The van der Waals surface area contributed by atoms with Crippen molar-refractivity contribution in [2.45, 2.75) is 63.8 Å². The van der Waals surface area contributed by atoms with Gasteiger partial charge in [-0.15, -0.1) is 0 Å². The van der Waals surface area contributed by atoms with Crippen LogP contribution in [0.3, 0.4) is 0 Å². The largest absolute Gasteiger partial charge is 0.342 e. The Morgan fingerprint density at radius 2 is 1.57 bits per heavy atom. The third-order valence-corrected chi connectivity index (χ3v) is 6.40. The molecule has 3 aliphatic carbocycles. The Kier molecular flexibility index (Phi) is 4.23. The van der Waals surface area contributed by atoms with E-state index in [4.69, 9.17) is 0 Å². The van der Waals surface area contributed by atoms with Gasteiger partial charge in [-0.1, -0.05) is 6.92 Å². The molecule has 4 fully saturated rings. The van der Waals surface area contributed by atoms with Crippen molar-refractivity contribution in [2.75, 3.05) is 13.1 Å². The third kappa shape index (κ3) is 2.94. The molecule has 0 spiro atoms. The van der Waals surface area contributed by atoms with Gasteiger partial charge in [0.1, 0.15) is 0 Å². The van der Waals surface area contributed by atoms with E-state index in [1.54, 1.807) is 0 Å². The molecule has 1 heterocycles. The lowest BCUT2D eigenvalue weighted by atomic mass is 9.56. The molecule has 21 heavy (non-hydrogen) atoms. The normalized spacial score (nSPS) is 36.6. The van der Waals surface area contributed by atoms with Crippen LogP contribution in [0.1, 0.15) is 58.3 Å². The van der Waals surface area contributed by atoms with Gasteiger partial charge in [-0.3, -0.25) is 9.59 Å². The van der Waals surface area contributed by atoms with Gasteiger partial charge in [-0.05, 0) is 57.3 Å². The highest BCUT2D eigenvalue weighted by molar-refractivity contribution is 14.1. The molecule has 0 unspecified atom stereocenters. The van der Waals surface area contributed by atoms with Gasteiger partial charge in [0.25, 0.3) is 3.91 Å². The number of carbonyl (C=O) groups is 2. The Morgan fingerprint density at radius 3 is 2.05 bits per heavy atom. The lowest BCUT2D eigenvalue weighted by Gasteiger charge is -2.53. The maximum absolute atomic E-state index is 13.0. The van der Waals surface area contributed by atoms with E-state index >= 15 is 0 Å². The minimum atomic E-state index is -0.113. The predicted molar refractivity (Wildman–Crippen MR) is 90.4 cm³/mol. The summed E-state index contributed by atoms with van der Waals surface area (Å²) in [5.41, 5.74) is -0.130. The molecular weight excluding hydrogens is 379 g/mol. The van der Waals surface area contributed by atoms with E-state index in [-0.39, 0.29) is 14.9 Å². The van der Waals surface area contributed by atoms with Crippen molar-refractivity contribution in [1.29, 1.82) is 0 Å². The summed E-state index contributed by atoms with van der Waals surface area (Å²) in [5.74, 6) is 1.17. The molecule has 4 aliphatic rings. The van der Waals surface area contributed by atoms with E-state index < -0.39 is 0 Å². The number of hydrogen-bond acceptors (Lipinski definition) is 2. The van der Waals surface area contributed by atoms with E-state index in [2.05, 4.69) is 17.1 Å². The summed E-state index contributed by atoms with van der Waals surface area (Å²) in [4.78, 5) is 26.5. The van der Waals surface area contributed by atoms with Crippen LogP contribution in [0.25, 0.3) is 0 Å². The molecule has 0 radical (unpaired) electrons. The van der Waals surface area contributed by atoms with Gasteiger partial charge in [0.2, 0.25) is 5.91 Å². The second kappa shape index (κ2) is 5.70. The monoisotopic (exact) mass is 404 g/mol. The zero-order chi connectivity index (χ0) is 15.1. The molecule has 118 valence electrons. The first-order chi connectivity index (χ1) is 9.95. The predicted octanol–water partition coefficient (Wildman–Crippen LogP) is 3.48. The quantitative estimate of drug-likeness (QED) is 0.435. The average molecular weight is 404 g/mol. The van der Waals surface area contributed by atoms with Gasteiger partial charge in [0.15, 0.2) is 0 Å². The van der Waals surface area contributed by atoms with Crippen LogP contribution in [0.4, 0.5) is 4.79 Å². The summed E-state index contributed by atoms with van der Waals surface area (Å²) in [6, 6.07) is 0. The molecule has 1 N–H and O–H groups in total. The molecule has 0 aromatic heterocycles. The summed E-state index contributed by atoms with van der Waals surface area (Å²) in [6.45, 7) is 4.16. The van der Waals surface area contributed by atoms with E-state index in [0.717, 1.165) is 70.4 Å². The maximum Gasteiger partial charge on any atom is 0.281 e.